The Kier molecular flexibility index (Phi) is 3.46. The van der Waals surface area contributed by atoms with E-state index in [1.54, 1.807) is 0 Å². The van der Waals surface area contributed by atoms with E-state index >= 15 is 0 Å². The van der Waals surface area contributed by atoms with Gasteiger partial charge in [0.2, 0.25) is 0 Å². The van der Waals surface area contributed by atoms with E-state index in [9.17, 15) is 0 Å². The molecular weight excluding hydrogens is 258 g/mol. The average molecular weight is 287 g/mol. The first-order valence-corrected chi connectivity index (χ1v) is 8.38. The van der Waals surface area contributed by atoms with Gasteiger partial charge in [0.05, 0.1) is 6.61 Å². The second-order valence-electron chi connectivity index (χ2n) is 7.72. The van der Waals surface area contributed by atoms with E-state index in [1.165, 1.54) is 30.5 Å². The fourth-order valence-electron chi connectivity index (χ4n) is 4.66. The van der Waals surface area contributed by atoms with Crippen LogP contribution in [0.5, 0.6) is 5.75 Å². The van der Waals surface area contributed by atoms with Crippen molar-refractivity contribution >= 4 is 5.69 Å². The smallest absolute Gasteiger partial charge is 0.119 e. The highest BCUT2D eigenvalue weighted by Crippen LogP contribution is 2.65. The van der Waals surface area contributed by atoms with Gasteiger partial charge in [-0.15, -0.1) is 0 Å². The van der Waals surface area contributed by atoms with Crippen molar-refractivity contribution in [1.82, 2.24) is 0 Å². The number of rotatable bonds is 4. The standard InChI is InChI=1S/C19H29NO/c1-6-21-15-7-8-16(13(2)11-15)20-17-12-14-9-10-19(17,5)18(14,3)4/h7-8,11,14,17,20H,6,9-10,12H2,1-5H3. The maximum atomic E-state index is 5.59. The van der Waals surface area contributed by atoms with Crippen LogP contribution in [0.1, 0.15) is 52.5 Å². The lowest BCUT2D eigenvalue weighted by Crippen LogP contribution is -2.40. The minimum Gasteiger partial charge on any atom is -0.494 e. The number of hydrogen-bond acceptors (Lipinski definition) is 2. The SMILES string of the molecule is CCOc1ccc(NC2CC3CCC2(C)C3(C)C)c(C)c1. The molecule has 0 radical (unpaired) electrons. The van der Waals surface area contributed by atoms with Crippen LogP contribution in [0.4, 0.5) is 5.69 Å². The van der Waals surface area contributed by atoms with Gasteiger partial charge in [0.25, 0.3) is 0 Å². The summed E-state index contributed by atoms with van der Waals surface area (Å²) in [4.78, 5) is 0. The highest BCUT2D eigenvalue weighted by molar-refractivity contribution is 5.55. The summed E-state index contributed by atoms with van der Waals surface area (Å²) >= 11 is 0. The lowest BCUT2D eigenvalue weighted by Gasteiger charge is -2.40. The lowest BCUT2D eigenvalue weighted by molar-refractivity contribution is 0.142. The summed E-state index contributed by atoms with van der Waals surface area (Å²) in [6.45, 7) is 12.4. The van der Waals surface area contributed by atoms with Gasteiger partial charge in [-0.05, 0) is 73.6 Å². The van der Waals surface area contributed by atoms with E-state index < -0.39 is 0 Å². The molecule has 2 nitrogen and oxygen atoms in total. The van der Waals surface area contributed by atoms with Crippen LogP contribution in [0.15, 0.2) is 18.2 Å². The van der Waals surface area contributed by atoms with Gasteiger partial charge in [-0.2, -0.15) is 0 Å². The van der Waals surface area contributed by atoms with Crippen LogP contribution in [-0.4, -0.2) is 12.6 Å². The number of hydrogen-bond donors (Lipinski definition) is 1. The molecule has 0 spiro atoms. The molecule has 0 amide bonds. The van der Waals surface area contributed by atoms with Gasteiger partial charge in [0.1, 0.15) is 5.75 Å². The molecule has 1 N–H and O–H groups in total. The van der Waals surface area contributed by atoms with Gasteiger partial charge in [0.15, 0.2) is 0 Å². The Morgan fingerprint density at radius 3 is 2.57 bits per heavy atom. The van der Waals surface area contributed by atoms with Crippen LogP contribution in [0.25, 0.3) is 0 Å². The van der Waals surface area contributed by atoms with E-state index in [-0.39, 0.29) is 0 Å². The highest BCUT2D eigenvalue weighted by atomic mass is 16.5. The molecule has 1 aromatic carbocycles. The molecule has 1 aromatic rings. The summed E-state index contributed by atoms with van der Waals surface area (Å²) in [5.41, 5.74) is 3.44. The Labute approximate surface area is 129 Å². The van der Waals surface area contributed by atoms with Crippen molar-refractivity contribution in [3.8, 4) is 5.75 Å². The summed E-state index contributed by atoms with van der Waals surface area (Å²) in [6.07, 6.45) is 4.08. The van der Waals surface area contributed by atoms with Gasteiger partial charge in [0, 0.05) is 11.7 Å². The lowest BCUT2D eigenvalue weighted by atomic mass is 9.69. The Morgan fingerprint density at radius 2 is 2.05 bits per heavy atom. The van der Waals surface area contributed by atoms with Crippen LogP contribution < -0.4 is 10.1 Å². The molecule has 2 saturated carbocycles. The maximum Gasteiger partial charge on any atom is 0.119 e. The molecule has 3 unspecified atom stereocenters. The molecular formula is C19H29NO. The Morgan fingerprint density at radius 1 is 1.29 bits per heavy atom. The van der Waals surface area contributed by atoms with Gasteiger partial charge in [-0.3, -0.25) is 0 Å². The van der Waals surface area contributed by atoms with Crippen LogP contribution in [0, 0.1) is 23.7 Å². The molecule has 0 aromatic heterocycles. The number of aryl methyl sites for hydroxylation is 1. The van der Waals surface area contributed by atoms with Crippen LogP contribution >= 0.6 is 0 Å². The zero-order valence-electron chi connectivity index (χ0n) is 14.1. The number of fused-ring (bicyclic) bond motifs is 2. The molecule has 2 fully saturated rings. The molecule has 2 bridgehead atoms. The molecule has 3 rings (SSSR count). The predicted molar refractivity (Wildman–Crippen MR) is 89.0 cm³/mol. The monoisotopic (exact) mass is 287 g/mol. The van der Waals surface area contributed by atoms with Crippen molar-refractivity contribution < 1.29 is 4.74 Å². The first-order chi connectivity index (χ1) is 9.88. The fourth-order valence-corrected chi connectivity index (χ4v) is 4.66. The van der Waals surface area contributed by atoms with Crippen molar-refractivity contribution in [1.29, 1.82) is 0 Å². The zero-order valence-corrected chi connectivity index (χ0v) is 14.1. The third kappa shape index (κ3) is 2.15. The van der Waals surface area contributed by atoms with Gasteiger partial charge < -0.3 is 10.1 Å². The van der Waals surface area contributed by atoms with Crippen molar-refractivity contribution in [2.24, 2.45) is 16.7 Å². The Balaban J connectivity index is 1.79. The molecule has 2 aliphatic carbocycles. The molecule has 2 heteroatoms. The molecule has 21 heavy (non-hydrogen) atoms. The van der Waals surface area contributed by atoms with Crippen LogP contribution in [-0.2, 0) is 0 Å². The van der Waals surface area contributed by atoms with Crippen molar-refractivity contribution in [3.63, 3.8) is 0 Å². The number of benzene rings is 1. The minimum absolute atomic E-state index is 0.419. The fraction of sp³-hybridized carbons (Fsp3) is 0.684. The van der Waals surface area contributed by atoms with E-state index in [1.807, 2.05) is 6.92 Å². The highest BCUT2D eigenvalue weighted by Gasteiger charge is 2.61. The number of anilines is 1. The predicted octanol–water partition coefficient (Wildman–Crippen LogP) is 5.02. The topological polar surface area (TPSA) is 21.3 Å². The van der Waals surface area contributed by atoms with Crippen molar-refractivity contribution in [2.75, 3.05) is 11.9 Å². The largest absolute Gasteiger partial charge is 0.494 e. The molecule has 2 aliphatic rings. The Bertz CT molecular complexity index is 536. The van der Waals surface area contributed by atoms with Crippen LogP contribution in [0.3, 0.4) is 0 Å². The number of ether oxygens (including phenoxy) is 1. The first-order valence-electron chi connectivity index (χ1n) is 8.38. The van der Waals surface area contributed by atoms with Gasteiger partial charge in [-0.1, -0.05) is 20.8 Å². The average Bonchev–Trinajstić information content (AvgIpc) is 2.75. The molecule has 116 valence electrons. The summed E-state index contributed by atoms with van der Waals surface area (Å²) in [5.74, 6) is 1.85. The molecule has 0 aliphatic heterocycles. The Hall–Kier alpha value is -1.18. The zero-order chi connectivity index (χ0) is 15.3. The summed E-state index contributed by atoms with van der Waals surface area (Å²) in [7, 11) is 0. The summed E-state index contributed by atoms with van der Waals surface area (Å²) < 4.78 is 5.59. The quantitative estimate of drug-likeness (QED) is 0.839. The molecule has 0 saturated heterocycles. The minimum atomic E-state index is 0.419. The normalized spacial score (nSPS) is 33.2. The summed E-state index contributed by atoms with van der Waals surface area (Å²) in [5, 5.41) is 3.85. The van der Waals surface area contributed by atoms with E-state index in [2.05, 4.69) is 51.2 Å². The van der Waals surface area contributed by atoms with Gasteiger partial charge in [-0.25, -0.2) is 0 Å². The van der Waals surface area contributed by atoms with Crippen molar-refractivity contribution in [3.05, 3.63) is 23.8 Å². The maximum absolute atomic E-state index is 5.59. The summed E-state index contributed by atoms with van der Waals surface area (Å²) in [6, 6.07) is 7.01. The van der Waals surface area contributed by atoms with Crippen molar-refractivity contribution in [2.45, 2.75) is 59.9 Å². The first kappa shape index (κ1) is 14.7. The second-order valence-corrected chi connectivity index (χ2v) is 7.72. The third-order valence-corrected chi connectivity index (χ3v) is 6.63. The third-order valence-electron chi connectivity index (χ3n) is 6.63. The molecule has 3 atom stereocenters. The van der Waals surface area contributed by atoms with E-state index in [4.69, 9.17) is 4.74 Å². The number of nitrogens with one attached hydrogen (secondary N) is 1. The van der Waals surface area contributed by atoms with E-state index in [0.717, 1.165) is 18.3 Å². The van der Waals surface area contributed by atoms with Gasteiger partial charge >= 0.3 is 0 Å². The van der Waals surface area contributed by atoms with E-state index in [0.29, 0.717) is 16.9 Å². The molecule has 0 heterocycles. The second kappa shape index (κ2) is 4.93. The van der Waals surface area contributed by atoms with Crippen LogP contribution in [0.2, 0.25) is 0 Å².